The number of aromatic nitrogens is 3. The molecule has 1 N–H and O–H groups in total. The van der Waals surface area contributed by atoms with Crippen LogP contribution in [-0.4, -0.2) is 72.0 Å². The highest BCUT2D eigenvalue weighted by molar-refractivity contribution is 6.76. The molecule has 10 heteroatoms. The normalized spacial score (nSPS) is 26.4. The Labute approximate surface area is 198 Å². The fourth-order valence-corrected chi connectivity index (χ4v) is 5.10. The maximum atomic E-state index is 10.0. The van der Waals surface area contributed by atoms with Crippen molar-refractivity contribution in [2.75, 3.05) is 19.8 Å². The van der Waals surface area contributed by atoms with E-state index in [1.807, 2.05) is 28.9 Å². The fourth-order valence-electron chi connectivity index (χ4n) is 4.10. The molecule has 0 radical (unpaired) electrons. The quantitative estimate of drug-likeness (QED) is 0.345. The minimum atomic E-state index is -1.22. The molecule has 5 rings (SSSR count). The van der Waals surface area contributed by atoms with Gasteiger partial charge in [-0.05, 0) is 24.3 Å². The molecule has 33 heavy (non-hydrogen) atoms. The van der Waals surface area contributed by atoms with Crippen LogP contribution in [0.5, 0.6) is 6.01 Å². The molecular weight excluding hydrogens is 462 g/mol. The Bertz CT molecular complexity index is 1150. The first kappa shape index (κ1) is 22.8. The molecule has 0 spiro atoms. The molecule has 4 heterocycles. The van der Waals surface area contributed by atoms with Crippen molar-refractivity contribution in [2.45, 2.75) is 56.8 Å². The van der Waals surface area contributed by atoms with Crippen molar-refractivity contribution in [3.05, 3.63) is 40.7 Å². The van der Waals surface area contributed by atoms with Gasteiger partial charge in [0.2, 0.25) is 0 Å². The minimum absolute atomic E-state index is 0.238. The zero-order chi connectivity index (χ0) is 23.2. The number of hydrogen-bond acceptors (Lipinski definition) is 7. The van der Waals surface area contributed by atoms with Crippen LogP contribution in [0, 0.1) is 0 Å². The van der Waals surface area contributed by atoms with Gasteiger partial charge in [0, 0.05) is 20.3 Å². The lowest BCUT2D eigenvalue weighted by Gasteiger charge is -2.19. The SMILES string of the molecule is C[Si](C)(C)CCOCn1c(O[C@@H]2CO[C@H]3[C@@H]2OC[C@H]3O)nc2nc(C3=C=CC=C3)c(Cl)cc21. The van der Waals surface area contributed by atoms with E-state index in [1.54, 1.807) is 0 Å². The molecule has 1 aliphatic carbocycles. The lowest BCUT2D eigenvalue weighted by Crippen LogP contribution is -2.35. The number of nitrogens with zero attached hydrogens (tertiary/aromatic N) is 3. The fraction of sp³-hybridized carbons (Fsp3) is 0.522. The first-order valence-corrected chi connectivity index (χ1v) is 15.2. The van der Waals surface area contributed by atoms with E-state index >= 15 is 0 Å². The van der Waals surface area contributed by atoms with Gasteiger partial charge in [0.1, 0.15) is 25.0 Å². The Morgan fingerprint density at radius 2 is 2.06 bits per heavy atom. The molecule has 8 nitrogen and oxygen atoms in total. The summed E-state index contributed by atoms with van der Waals surface area (Å²) in [6, 6.07) is 3.26. The second kappa shape index (κ2) is 9.00. The molecular formula is C23H28ClN3O5Si. The highest BCUT2D eigenvalue weighted by Gasteiger charge is 2.48. The molecule has 0 bridgehead atoms. The number of rotatable bonds is 8. The molecule has 2 aromatic rings. The zero-order valence-corrected chi connectivity index (χ0v) is 20.7. The van der Waals surface area contributed by atoms with E-state index in [2.05, 4.69) is 30.4 Å². The first-order valence-electron chi connectivity index (χ1n) is 11.2. The Hall–Kier alpha value is -1.97. The van der Waals surface area contributed by atoms with Crippen LogP contribution in [0.25, 0.3) is 16.7 Å². The molecule has 2 saturated heterocycles. The largest absolute Gasteiger partial charge is 0.456 e. The van der Waals surface area contributed by atoms with Gasteiger partial charge in [-0.15, -0.1) is 5.73 Å². The number of allylic oxidation sites excluding steroid dienone is 3. The van der Waals surface area contributed by atoms with Crippen molar-refractivity contribution in [2.24, 2.45) is 0 Å². The molecule has 3 aliphatic rings. The number of pyridine rings is 1. The van der Waals surface area contributed by atoms with Crippen molar-refractivity contribution >= 4 is 36.4 Å². The van der Waals surface area contributed by atoms with Gasteiger partial charge < -0.3 is 24.1 Å². The number of aliphatic hydroxyl groups excluding tert-OH is 1. The van der Waals surface area contributed by atoms with E-state index < -0.39 is 14.2 Å². The van der Waals surface area contributed by atoms with Gasteiger partial charge in [0.05, 0.1) is 29.4 Å². The van der Waals surface area contributed by atoms with Gasteiger partial charge in [-0.3, -0.25) is 4.57 Å². The third kappa shape index (κ3) is 4.68. The van der Waals surface area contributed by atoms with Gasteiger partial charge in [-0.2, -0.15) is 4.98 Å². The van der Waals surface area contributed by atoms with Gasteiger partial charge in [-0.25, -0.2) is 4.98 Å². The Kier molecular flexibility index (Phi) is 6.22. The van der Waals surface area contributed by atoms with E-state index in [0.717, 1.165) is 17.1 Å². The third-order valence-corrected chi connectivity index (χ3v) is 7.96. The summed E-state index contributed by atoms with van der Waals surface area (Å²) >= 11 is 6.59. The highest BCUT2D eigenvalue weighted by Crippen LogP contribution is 2.33. The van der Waals surface area contributed by atoms with Crippen molar-refractivity contribution in [1.82, 2.24) is 14.5 Å². The van der Waals surface area contributed by atoms with Gasteiger partial charge in [0.15, 0.2) is 11.8 Å². The number of hydrogen-bond donors (Lipinski definition) is 1. The number of ether oxygens (including phenoxy) is 4. The summed E-state index contributed by atoms with van der Waals surface area (Å²) in [6.45, 7) is 8.42. The van der Waals surface area contributed by atoms with Crippen molar-refractivity contribution in [3.8, 4) is 6.01 Å². The van der Waals surface area contributed by atoms with Crippen molar-refractivity contribution in [1.29, 1.82) is 0 Å². The maximum absolute atomic E-state index is 10.0. The number of halogens is 1. The summed E-state index contributed by atoms with van der Waals surface area (Å²) < 4.78 is 25.5. The molecule has 0 amide bonds. The smallest absolute Gasteiger partial charge is 0.301 e. The van der Waals surface area contributed by atoms with Gasteiger partial charge >= 0.3 is 6.01 Å². The average molecular weight is 490 g/mol. The summed E-state index contributed by atoms with van der Waals surface area (Å²) in [5.74, 6) is 0. The van der Waals surface area contributed by atoms with E-state index in [1.165, 1.54) is 0 Å². The van der Waals surface area contributed by atoms with Crippen LogP contribution in [-0.2, 0) is 20.9 Å². The zero-order valence-electron chi connectivity index (χ0n) is 19.0. The second-order valence-electron chi connectivity index (χ2n) is 9.74. The van der Waals surface area contributed by atoms with E-state index in [4.69, 9.17) is 35.5 Å². The molecule has 176 valence electrons. The number of imidazole rings is 1. The molecule has 2 aliphatic heterocycles. The Morgan fingerprint density at radius 3 is 2.82 bits per heavy atom. The number of aliphatic hydroxyl groups is 1. The Morgan fingerprint density at radius 1 is 1.24 bits per heavy atom. The van der Waals surface area contributed by atoms with Gasteiger partial charge in [-0.1, -0.05) is 37.3 Å². The standard InChI is InChI=1S/C23H28ClN3O5Si/c1-33(2,3)9-8-29-13-27-16-10-15(24)19(14-6-4-5-7-14)25-22(16)26-23(27)32-18-12-31-20-17(28)11-30-21(18)20/h4-6,10,17-18,20-21,28H,8-9,11-13H2,1-3H3/t17-,18-,20-,21-/m1/s1. The molecule has 0 saturated carbocycles. The van der Waals surface area contributed by atoms with Crippen LogP contribution < -0.4 is 4.74 Å². The van der Waals surface area contributed by atoms with Crippen LogP contribution in [0.1, 0.15) is 5.69 Å². The summed E-state index contributed by atoms with van der Waals surface area (Å²) in [5.41, 5.74) is 5.80. The summed E-state index contributed by atoms with van der Waals surface area (Å²) in [6.07, 6.45) is 3.87. The third-order valence-electron chi connectivity index (χ3n) is 5.97. The van der Waals surface area contributed by atoms with Crippen molar-refractivity contribution < 1.29 is 24.1 Å². The molecule has 2 fully saturated rings. The van der Waals surface area contributed by atoms with E-state index in [-0.39, 0.29) is 31.6 Å². The van der Waals surface area contributed by atoms with Crippen LogP contribution >= 0.6 is 11.6 Å². The van der Waals surface area contributed by atoms with Crippen LogP contribution in [0.4, 0.5) is 0 Å². The molecule has 0 unspecified atom stereocenters. The molecule has 4 atom stereocenters. The van der Waals surface area contributed by atoms with E-state index in [0.29, 0.717) is 35.6 Å². The minimum Gasteiger partial charge on any atom is -0.456 e. The van der Waals surface area contributed by atoms with Crippen molar-refractivity contribution in [3.63, 3.8) is 0 Å². The van der Waals surface area contributed by atoms with Gasteiger partial charge in [0.25, 0.3) is 0 Å². The maximum Gasteiger partial charge on any atom is 0.301 e. The average Bonchev–Trinajstić information content (AvgIpc) is 3.52. The summed E-state index contributed by atoms with van der Waals surface area (Å²) in [4.78, 5) is 9.35. The topological polar surface area (TPSA) is 87.9 Å². The summed E-state index contributed by atoms with van der Waals surface area (Å²) in [5, 5.41) is 10.5. The predicted molar refractivity (Wildman–Crippen MR) is 127 cm³/mol. The second-order valence-corrected chi connectivity index (χ2v) is 15.8. The monoisotopic (exact) mass is 489 g/mol. The summed E-state index contributed by atoms with van der Waals surface area (Å²) in [7, 11) is -1.22. The molecule has 0 aromatic carbocycles. The van der Waals surface area contributed by atoms with Crippen LogP contribution in [0.3, 0.4) is 0 Å². The lowest BCUT2D eigenvalue weighted by molar-refractivity contribution is 0.00339. The van der Waals surface area contributed by atoms with Crippen LogP contribution in [0.15, 0.2) is 30.0 Å². The first-order chi connectivity index (χ1) is 15.8. The molecule has 2 aromatic heterocycles. The van der Waals surface area contributed by atoms with Crippen LogP contribution in [0.2, 0.25) is 30.7 Å². The number of fused-ring (bicyclic) bond motifs is 2. The Balaban J connectivity index is 1.45. The van der Waals surface area contributed by atoms with E-state index in [9.17, 15) is 5.11 Å². The highest BCUT2D eigenvalue weighted by atomic mass is 35.5. The predicted octanol–water partition coefficient (Wildman–Crippen LogP) is 3.41. The lowest BCUT2D eigenvalue weighted by atomic mass is 10.1.